The second-order valence-electron chi connectivity index (χ2n) is 5.75. The first-order valence-corrected chi connectivity index (χ1v) is 9.26. The van der Waals surface area contributed by atoms with Crippen molar-refractivity contribution >= 4 is 15.7 Å². The zero-order valence-corrected chi connectivity index (χ0v) is 14.6. The van der Waals surface area contributed by atoms with E-state index in [2.05, 4.69) is 5.32 Å². The van der Waals surface area contributed by atoms with Gasteiger partial charge in [-0.3, -0.25) is 4.79 Å². The molecule has 0 aromatic heterocycles. The summed E-state index contributed by atoms with van der Waals surface area (Å²) in [5.41, 5.74) is 5.23. The van der Waals surface area contributed by atoms with Gasteiger partial charge in [0.15, 0.2) is 9.84 Å². The van der Waals surface area contributed by atoms with Crippen LogP contribution in [0.5, 0.6) is 0 Å². The number of rotatable bonds is 8. The minimum atomic E-state index is -3.69. The van der Waals surface area contributed by atoms with E-state index >= 15 is 0 Å². The number of amides is 1. The summed E-state index contributed by atoms with van der Waals surface area (Å²) in [6.07, 6.45) is 1.18. The highest BCUT2D eigenvalue weighted by Crippen LogP contribution is 2.20. The van der Waals surface area contributed by atoms with Crippen molar-refractivity contribution in [1.29, 1.82) is 0 Å². The fourth-order valence-electron chi connectivity index (χ4n) is 2.34. The largest absolute Gasteiger partial charge is 0.349 e. The Morgan fingerprint density at radius 1 is 1.26 bits per heavy atom. The van der Waals surface area contributed by atoms with Gasteiger partial charge in [-0.05, 0) is 44.0 Å². The lowest BCUT2D eigenvalue weighted by Gasteiger charge is -2.31. The third kappa shape index (κ3) is 4.75. The highest BCUT2D eigenvalue weighted by atomic mass is 32.2. The Kier molecular flexibility index (Phi) is 6.70. The molecule has 1 aromatic rings. The van der Waals surface area contributed by atoms with Crippen molar-refractivity contribution in [1.82, 2.24) is 5.32 Å². The Labute approximate surface area is 137 Å². The summed E-state index contributed by atoms with van der Waals surface area (Å²) in [7, 11) is -3.69. The van der Waals surface area contributed by atoms with Crippen molar-refractivity contribution < 1.29 is 17.6 Å². The second kappa shape index (κ2) is 7.88. The van der Waals surface area contributed by atoms with Gasteiger partial charge < -0.3 is 11.1 Å². The Morgan fingerprint density at radius 3 is 2.22 bits per heavy atom. The molecule has 0 spiro atoms. The van der Waals surface area contributed by atoms with E-state index in [4.69, 9.17) is 5.73 Å². The Bertz CT molecular complexity index is 617. The molecule has 0 fully saturated rings. The molecule has 5 nitrogen and oxygen atoms in total. The summed E-state index contributed by atoms with van der Waals surface area (Å²) in [4.78, 5) is 12.2. The molecule has 130 valence electrons. The number of benzene rings is 1. The van der Waals surface area contributed by atoms with Crippen LogP contribution < -0.4 is 11.1 Å². The number of carbonyl (C=O) groups is 1. The zero-order chi connectivity index (χ0) is 17.7. The van der Waals surface area contributed by atoms with E-state index in [9.17, 15) is 17.6 Å². The zero-order valence-electron chi connectivity index (χ0n) is 13.8. The maximum Gasteiger partial charge on any atom is 0.221 e. The van der Waals surface area contributed by atoms with Gasteiger partial charge in [0.25, 0.3) is 0 Å². The quantitative estimate of drug-likeness (QED) is 0.706. The Balaban J connectivity index is 2.83. The molecular formula is C16H25FN2O3S. The summed E-state index contributed by atoms with van der Waals surface area (Å²) in [6, 6.07) is 4.60. The number of halogens is 1. The monoisotopic (exact) mass is 344 g/mol. The molecule has 23 heavy (non-hydrogen) atoms. The molecule has 1 rings (SSSR count). The summed E-state index contributed by atoms with van der Waals surface area (Å²) >= 11 is 0. The van der Waals surface area contributed by atoms with Crippen LogP contribution in [0, 0.1) is 5.82 Å². The van der Waals surface area contributed by atoms with E-state index in [1.807, 2.05) is 13.8 Å². The van der Waals surface area contributed by atoms with Crippen molar-refractivity contribution in [3.8, 4) is 0 Å². The first-order chi connectivity index (χ1) is 10.7. The van der Waals surface area contributed by atoms with Gasteiger partial charge in [-0.15, -0.1) is 0 Å². The van der Waals surface area contributed by atoms with Crippen LogP contribution in [0.1, 0.15) is 40.0 Å². The minimum Gasteiger partial charge on any atom is -0.349 e. The Hall–Kier alpha value is -1.47. The van der Waals surface area contributed by atoms with Gasteiger partial charge in [-0.25, -0.2) is 12.8 Å². The van der Waals surface area contributed by atoms with Gasteiger partial charge in [0.05, 0.1) is 15.7 Å². The minimum absolute atomic E-state index is 0.00951. The van der Waals surface area contributed by atoms with Crippen LogP contribution in [0.2, 0.25) is 0 Å². The van der Waals surface area contributed by atoms with E-state index in [1.54, 1.807) is 0 Å². The number of nitrogens with one attached hydrogen (secondary N) is 1. The van der Waals surface area contributed by atoms with Crippen LogP contribution in [-0.2, 0) is 14.6 Å². The summed E-state index contributed by atoms with van der Waals surface area (Å²) in [5, 5.41) is 1.95. The lowest BCUT2D eigenvalue weighted by Crippen LogP contribution is -2.53. The van der Waals surface area contributed by atoms with Gasteiger partial charge >= 0.3 is 0 Å². The molecule has 0 heterocycles. The summed E-state index contributed by atoms with van der Waals surface area (Å²) < 4.78 is 37.8. The molecule has 0 saturated carbocycles. The maximum atomic E-state index is 12.9. The maximum absolute atomic E-state index is 12.9. The normalized spacial score (nSPS) is 13.6. The number of hydrogen-bond donors (Lipinski definition) is 2. The molecule has 7 heteroatoms. The molecule has 0 bridgehead atoms. The number of hydrogen-bond acceptors (Lipinski definition) is 4. The first kappa shape index (κ1) is 19.6. The lowest BCUT2D eigenvalue weighted by molar-refractivity contribution is -0.123. The molecule has 1 aromatic carbocycles. The summed E-state index contributed by atoms with van der Waals surface area (Å²) in [6.45, 7) is 5.62. The summed E-state index contributed by atoms with van der Waals surface area (Å²) in [5.74, 6) is -0.856. The smallest absolute Gasteiger partial charge is 0.221 e. The molecule has 3 N–H and O–H groups in total. The molecule has 0 aliphatic rings. The van der Waals surface area contributed by atoms with E-state index in [0.717, 1.165) is 12.1 Å². The molecular weight excluding hydrogens is 319 g/mol. The van der Waals surface area contributed by atoms with Gasteiger partial charge in [-0.2, -0.15) is 0 Å². The molecule has 0 saturated heterocycles. The van der Waals surface area contributed by atoms with Crippen molar-refractivity contribution in [2.24, 2.45) is 5.73 Å². The van der Waals surface area contributed by atoms with Gasteiger partial charge in [0, 0.05) is 13.0 Å². The van der Waals surface area contributed by atoms with Gasteiger partial charge in [-0.1, -0.05) is 13.8 Å². The predicted molar refractivity (Wildman–Crippen MR) is 88.2 cm³/mol. The van der Waals surface area contributed by atoms with Crippen molar-refractivity contribution in [3.63, 3.8) is 0 Å². The third-order valence-corrected chi connectivity index (χ3v) is 6.45. The lowest BCUT2D eigenvalue weighted by atomic mass is 9.92. The fraction of sp³-hybridized carbons (Fsp3) is 0.562. The van der Waals surface area contributed by atoms with Gasteiger partial charge in [0.1, 0.15) is 5.82 Å². The third-order valence-electron chi connectivity index (χ3n) is 4.29. The highest BCUT2D eigenvalue weighted by Gasteiger charge is 2.30. The van der Waals surface area contributed by atoms with Crippen LogP contribution in [0.4, 0.5) is 4.39 Å². The standard InChI is InChI=1S/C16H25FN2O3S/c1-4-16(5-2,11-18)19-15(20)10-12(3)23(21,22)14-8-6-13(17)7-9-14/h6-9,12H,4-5,10-11,18H2,1-3H3,(H,19,20). The Morgan fingerprint density at radius 2 is 1.78 bits per heavy atom. The van der Waals surface area contributed by atoms with Crippen molar-refractivity contribution in [2.75, 3.05) is 6.54 Å². The fourth-order valence-corrected chi connectivity index (χ4v) is 3.69. The molecule has 1 unspecified atom stereocenters. The van der Waals surface area contributed by atoms with Crippen LogP contribution in [-0.4, -0.2) is 31.7 Å². The number of sulfone groups is 1. The molecule has 1 amide bonds. The van der Waals surface area contributed by atoms with Crippen molar-refractivity contribution in [3.05, 3.63) is 30.1 Å². The number of nitrogens with two attached hydrogens (primary N) is 1. The van der Waals surface area contributed by atoms with E-state index in [0.29, 0.717) is 19.4 Å². The van der Waals surface area contributed by atoms with E-state index in [-0.39, 0.29) is 17.2 Å². The van der Waals surface area contributed by atoms with Crippen LogP contribution in [0.15, 0.2) is 29.2 Å². The molecule has 0 radical (unpaired) electrons. The SMILES string of the molecule is CCC(CC)(CN)NC(=O)CC(C)S(=O)(=O)c1ccc(F)cc1. The van der Waals surface area contributed by atoms with E-state index < -0.39 is 26.4 Å². The van der Waals surface area contributed by atoms with Crippen LogP contribution >= 0.6 is 0 Å². The molecule has 0 aliphatic carbocycles. The topological polar surface area (TPSA) is 89.3 Å². The molecule has 0 aliphatic heterocycles. The number of carbonyl (C=O) groups excluding carboxylic acids is 1. The predicted octanol–water partition coefficient (Wildman–Crippen LogP) is 2.01. The average molecular weight is 344 g/mol. The van der Waals surface area contributed by atoms with Crippen LogP contribution in [0.3, 0.4) is 0 Å². The second-order valence-corrected chi connectivity index (χ2v) is 8.12. The van der Waals surface area contributed by atoms with Crippen LogP contribution in [0.25, 0.3) is 0 Å². The first-order valence-electron chi connectivity index (χ1n) is 7.71. The average Bonchev–Trinajstić information content (AvgIpc) is 2.53. The molecule has 1 atom stereocenters. The van der Waals surface area contributed by atoms with Crippen molar-refractivity contribution in [2.45, 2.75) is 55.7 Å². The van der Waals surface area contributed by atoms with E-state index in [1.165, 1.54) is 19.1 Å². The van der Waals surface area contributed by atoms with Gasteiger partial charge in [0.2, 0.25) is 5.91 Å². The highest BCUT2D eigenvalue weighted by molar-refractivity contribution is 7.92.